The summed E-state index contributed by atoms with van der Waals surface area (Å²) < 4.78 is 18.4. The van der Waals surface area contributed by atoms with Gasteiger partial charge >= 0.3 is 0 Å². The Morgan fingerprint density at radius 3 is 2.94 bits per heavy atom. The number of rotatable bonds is 6. The Morgan fingerprint density at radius 1 is 1.50 bits per heavy atom. The van der Waals surface area contributed by atoms with Crippen molar-refractivity contribution in [3.05, 3.63) is 29.0 Å². The van der Waals surface area contributed by atoms with E-state index in [2.05, 4.69) is 10.6 Å². The number of ether oxygens (including phenoxy) is 1. The first-order valence-electron chi connectivity index (χ1n) is 5.71. The lowest BCUT2D eigenvalue weighted by molar-refractivity contribution is 0.146. The summed E-state index contributed by atoms with van der Waals surface area (Å²) in [6.07, 6.45) is 0.866. The molecule has 1 aromatic rings. The zero-order valence-corrected chi connectivity index (χ0v) is 11.7. The van der Waals surface area contributed by atoms with Crippen molar-refractivity contribution in [2.45, 2.75) is 13.3 Å². The Labute approximate surface area is 117 Å². The number of benzene rings is 1. The minimum atomic E-state index is -0.471. The first kappa shape index (κ1) is 15.1. The van der Waals surface area contributed by atoms with Gasteiger partial charge in [0.05, 0.1) is 5.02 Å². The molecule has 0 aliphatic heterocycles. The van der Waals surface area contributed by atoms with Crippen LogP contribution in [0.2, 0.25) is 5.02 Å². The highest BCUT2D eigenvalue weighted by atomic mass is 35.5. The van der Waals surface area contributed by atoms with E-state index in [0.717, 1.165) is 6.42 Å². The lowest BCUT2D eigenvalue weighted by Gasteiger charge is -2.10. The van der Waals surface area contributed by atoms with Gasteiger partial charge in [0.1, 0.15) is 5.82 Å². The molecule has 100 valence electrons. The molecule has 0 saturated heterocycles. The maximum absolute atomic E-state index is 13.2. The minimum absolute atomic E-state index is 0.0936. The summed E-state index contributed by atoms with van der Waals surface area (Å²) >= 11 is 10.7. The lowest BCUT2D eigenvalue weighted by atomic mass is 10.3. The van der Waals surface area contributed by atoms with Crippen LogP contribution in [0.4, 0.5) is 10.1 Å². The van der Waals surface area contributed by atoms with E-state index in [0.29, 0.717) is 30.6 Å². The van der Waals surface area contributed by atoms with Crippen LogP contribution in [0.5, 0.6) is 0 Å². The van der Waals surface area contributed by atoms with Crippen LogP contribution in [0.25, 0.3) is 0 Å². The largest absolute Gasteiger partial charge is 0.382 e. The summed E-state index contributed by atoms with van der Waals surface area (Å²) in [5.74, 6) is -0.471. The van der Waals surface area contributed by atoms with Crippen molar-refractivity contribution in [3.63, 3.8) is 0 Å². The number of nitrogens with one attached hydrogen (secondary N) is 2. The topological polar surface area (TPSA) is 33.3 Å². The van der Waals surface area contributed by atoms with Crippen molar-refractivity contribution in [3.8, 4) is 0 Å². The third-order valence-electron chi connectivity index (χ3n) is 2.13. The average molecular weight is 291 g/mol. The van der Waals surface area contributed by atoms with E-state index < -0.39 is 5.82 Å². The van der Waals surface area contributed by atoms with E-state index in [-0.39, 0.29) is 5.02 Å². The molecule has 0 amide bonds. The van der Waals surface area contributed by atoms with Gasteiger partial charge < -0.3 is 15.4 Å². The fourth-order valence-corrected chi connectivity index (χ4v) is 1.61. The van der Waals surface area contributed by atoms with Crippen LogP contribution in [0.3, 0.4) is 0 Å². The highest BCUT2D eigenvalue weighted by molar-refractivity contribution is 7.80. The second-order valence-electron chi connectivity index (χ2n) is 3.56. The Kier molecular flexibility index (Phi) is 6.93. The van der Waals surface area contributed by atoms with Gasteiger partial charge in [-0.15, -0.1) is 0 Å². The molecule has 0 aromatic heterocycles. The lowest BCUT2D eigenvalue weighted by Crippen LogP contribution is -2.29. The predicted molar refractivity (Wildman–Crippen MR) is 76.7 cm³/mol. The van der Waals surface area contributed by atoms with Gasteiger partial charge in [-0.3, -0.25) is 0 Å². The molecule has 0 atom stereocenters. The summed E-state index contributed by atoms with van der Waals surface area (Å²) in [6.45, 7) is 4.07. The summed E-state index contributed by atoms with van der Waals surface area (Å²) in [6, 6.07) is 4.45. The maximum atomic E-state index is 13.2. The first-order chi connectivity index (χ1) is 8.63. The van der Waals surface area contributed by atoms with Crippen molar-refractivity contribution in [1.82, 2.24) is 5.32 Å². The predicted octanol–water partition coefficient (Wildman–Crippen LogP) is 3.19. The van der Waals surface area contributed by atoms with Crippen LogP contribution >= 0.6 is 23.8 Å². The summed E-state index contributed by atoms with van der Waals surface area (Å²) in [7, 11) is 0. The normalized spacial score (nSPS) is 10.2. The smallest absolute Gasteiger partial charge is 0.170 e. The maximum Gasteiger partial charge on any atom is 0.170 e. The summed E-state index contributed by atoms with van der Waals surface area (Å²) in [5, 5.41) is 6.44. The van der Waals surface area contributed by atoms with Gasteiger partial charge in [-0.1, -0.05) is 11.6 Å². The van der Waals surface area contributed by atoms with Gasteiger partial charge in [-0.2, -0.15) is 0 Å². The van der Waals surface area contributed by atoms with Crippen molar-refractivity contribution in [1.29, 1.82) is 0 Å². The molecular formula is C12H16ClFN2OS. The highest BCUT2D eigenvalue weighted by Crippen LogP contribution is 2.18. The number of anilines is 1. The summed E-state index contributed by atoms with van der Waals surface area (Å²) in [4.78, 5) is 0. The van der Waals surface area contributed by atoms with Gasteiger partial charge in [0, 0.05) is 25.4 Å². The number of halogens is 2. The molecule has 18 heavy (non-hydrogen) atoms. The van der Waals surface area contributed by atoms with Crippen LogP contribution in [-0.4, -0.2) is 24.9 Å². The van der Waals surface area contributed by atoms with Gasteiger partial charge in [0.2, 0.25) is 0 Å². The second-order valence-corrected chi connectivity index (χ2v) is 4.38. The second kappa shape index (κ2) is 8.24. The highest BCUT2D eigenvalue weighted by Gasteiger charge is 2.02. The van der Waals surface area contributed by atoms with Gasteiger partial charge in [0.25, 0.3) is 0 Å². The Hall–Kier alpha value is -0.910. The van der Waals surface area contributed by atoms with Crippen LogP contribution < -0.4 is 10.6 Å². The molecule has 0 radical (unpaired) electrons. The van der Waals surface area contributed by atoms with Crippen molar-refractivity contribution in [2.24, 2.45) is 0 Å². The molecule has 1 rings (SSSR count). The molecule has 6 heteroatoms. The Morgan fingerprint density at radius 2 is 2.28 bits per heavy atom. The fraction of sp³-hybridized carbons (Fsp3) is 0.417. The molecule has 0 fully saturated rings. The standard InChI is InChI=1S/C12H16ClFN2OS/c1-2-17-7-3-6-15-12(18)16-9-4-5-10(13)11(14)8-9/h4-5,8H,2-3,6-7H2,1H3,(H2,15,16,18). The Balaban J connectivity index is 2.29. The average Bonchev–Trinajstić information content (AvgIpc) is 2.34. The van der Waals surface area contributed by atoms with E-state index >= 15 is 0 Å². The van der Waals surface area contributed by atoms with E-state index in [1.807, 2.05) is 6.92 Å². The van der Waals surface area contributed by atoms with Crippen LogP contribution in [0.15, 0.2) is 18.2 Å². The van der Waals surface area contributed by atoms with Gasteiger partial charge in [-0.05, 0) is 43.8 Å². The molecule has 0 aliphatic rings. The zero-order chi connectivity index (χ0) is 13.4. The number of thiocarbonyl (C=S) groups is 1. The van der Waals surface area contributed by atoms with Crippen LogP contribution in [-0.2, 0) is 4.74 Å². The zero-order valence-electron chi connectivity index (χ0n) is 10.1. The Bertz CT molecular complexity index is 404. The van der Waals surface area contributed by atoms with Gasteiger partial charge in [-0.25, -0.2) is 4.39 Å². The molecule has 2 N–H and O–H groups in total. The molecule has 0 aliphatic carbocycles. The van der Waals surface area contributed by atoms with Crippen LogP contribution in [0, 0.1) is 5.82 Å². The van der Waals surface area contributed by atoms with E-state index in [4.69, 9.17) is 28.6 Å². The SMILES string of the molecule is CCOCCCNC(=S)Nc1ccc(Cl)c(F)c1. The van der Waals surface area contributed by atoms with E-state index in [9.17, 15) is 4.39 Å². The van der Waals surface area contributed by atoms with Gasteiger partial charge in [0.15, 0.2) is 5.11 Å². The fourth-order valence-electron chi connectivity index (χ4n) is 1.27. The minimum Gasteiger partial charge on any atom is -0.382 e. The molecule has 3 nitrogen and oxygen atoms in total. The number of hydrogen-bond donors (Lipinski definition) is 2. The first-order valence-corrected chi connectivity index (χ1v) is 6.49. The van der Waals surface area contributed by atoms with Crippen molar-refractivity contribution in [2.75, 3.05) is 25.1 Å². The van der Waals surface area contributed by atoms with Crippen molar-refractivity contribution < 1.29 is 9.13 Å². The quantitative estimate of drug-likeness (QED) is 0.623. The number of hydrogen-bond acceptors (Lipinski definition) is 2. The molecule has 0 spiro atoms. The third kappa shape index (κ3) is 5.62. The van der Waals surface area contributed by atoms with Crippen LogP contribution in [0.1, 0.15) is 13.3 Å². The molecule has 0 unspecified atom stereocenters. The van der Waals surface area contributed by atoms with E-state index in [1.54, 1.807) is 6.07 Å². The molecular weight excluding hydrogens is 275 g/mol. The molecule has 0 saturated carbocycles. The summed E-state index contributed by atoms with van der Waals surface area (Å²) in [5.41, 5.74) is 0.569. The van der Waals surface area contributed by atoms with E-state index in [1.165, 1.54) is 12.1 Å². The third-order valence-corrected chi connectivity index (χ3v) is 2.69. The monoisotopic (exact) mass is 290 g/mol. The molecule has 0 heterocycles. The molecule has 0 bridgehead atoms. The molecule has 1 aromatic carbocycles. The van der Waals surface area contributed by atoms with Crippen molar-refractivity contribution >= 4 is 34.6 Å².